The largest absolute Gasteiger partial charge is 0.479 e. The van der Waals surface area contributed by atoms with Crippen molar-refractivity contribution in [1.82, 2.24) is 0 Å². The number of carboxylic acids is 1. The van der Waals surface area contributed by atoms with Crippen LogP contribution in [0, 0.1) is 0 Å². The average Bonchev–Trinajstić information content (AvgIpc) is 2.26. The van der Waals surface area contributed by atoms with Gasteiger partial charge in [-0.2, -0.15) is 26.3 Å². The van der Waals surface area contributed by atoms with Crippen molar-refractivity contribution < 1.29 is 41.0 Å². The van der Waals surface area contributed by atoms with Crippen LogP contribution in [-0.2, 0) is 17.1 Å². The van der Waals surface area contributed by atoms with Crippen molar-refractivity contribution in [3.8, 4) is 5.75 Å². The van der Waals surface area contributed by atoms with E-state index in [1.54, 1.807) is 0 Å². The molecule has 0 unspecified atom stereocenters. The molecule has 0 aliphatic rings. The molecular weight excluding hydrogens is 294 g/mol. The Kier molecular flexibility index (Phi) is 4.21. The number of aliphatic carboxylic acids is 1. The van der Waals surface area contributed by atoms with Gasteiger partial charge in [0.15, 0.2) is 6.10 Å². The summed E-state index contributed by atoms with van der Waals surface area (Å²) >= 11 is 0. The number of halogens is 6. The second-order valence-electron chi connectivity index (χ2n) is 3.84. The van der Waals surface area contributed by atoms with E-state index < -0.39 is 41.3 Å². The van der Waals surface area contributed by atoms with Crippen LogP contribution in [0.2, 0.25) is 0 Å². The number of carboxylic acid groups (broad SMARTS) is 1. The molecule has 3 nitrogen and oxygen atoms in total. The van der Waals surface area contributed by atoms with E-state index in [0.717, 1.165) is 6.92 Å². The third-order valence-electron chi connectivity index (χ3n) is 2.22. The maximum absolute atomic E-state index is 12.5. The fourth-order valence-electron chi connectivity index (χ4n) is 1.25. The number of benzene rings is 1. The van der Waals surface area contributed by atoms with E-state index in [1.165, 1.54) is 0 Å². The average molecular weight is 302 g/mol. The highest BCUT2D eigenvalue weighted by molar-refractivity contribution is 5.72. The maximum atomic E-state index is 12.5. The first-order valence-corrected chi connectivity index (χ1v) is 5.10. The lowest BCUT2D eigenvalue weighted by Gasteiger charge is -2.16. The van der Waals surface area contributed by atoms with E-state index in [9.17, 15) is 31.1 Å². The predicted molar refractivity (Wildman–Crippen MR) is 54.2 cm³/mol. The Labute approximate surface area is 108 Å². The van der Waals surface area contributed by atoms with Crippen LogP contribution in [0.4, 0.5) is 26.3 Å². The molecule has 112 valence electrons. The summed E-state index contributed by atoms with van der Waals surface area (Å²) in [5.41, 5.74) is -3.14. The van der Waals surface area contributed by atoms with Crippen molar-refractivity contribution in [2.75, 3.05) is 0 Å². The Hall–Kier alpha value is -1.93. The summed E-state index contributed by atoms with van der Waals surface area (Å²) in [5, 5.41) is 8.53. The Morgan fingerprint density at radius 2 is 1.45 bits per heavy atom. The second kappa shape index (κ2) is 5.22. The molecule has 9 heteroatoms. The molecule has 1 rings (SSSR count). The maximum Gasteiger partial charge on any atom is 0.416 e. The minimum atomic E-state index is -5.01. The van der Waals surface area contributed by atoms with Gasteiger partial charge in [0.2, 0.25) is 0 Å². The molecule has 1 aromatic carbocycles. The van der Waals surface area contributed by atoms with Gasteiger partial charge in [-0.15, -0.1) is 0 Å². The van der Waals surface area contributed by atoms with Crippen molar-refractivity contribution >= 4 is 5.97 Å². The molecule has 0 heterocycles. The summed E-state index contributed by atoms with van der Waals surface area (Å²) in [6, 6.07) is 0.557. The number of alkyl halides is 6. The van der Waals surface area contributed by atoms with Crippen LogP contribution in [-0.4, -0.2) is 17.2 Å². The lowest BCUT2D eigenvalue weighted by Crippen LogP contribution is -2.23. The first kappa shape index (κ1) is 16.1. The minimum absolute atomic E-state index is 0.0711. The van der Waals surface area contributed by atoms with Crippen molar-refractivity contribution in [3.63, 3.8) is 0 Å². The van der Waals surface area contributed by atoms with Crippen LogP contribution in [0.25, 0.3) is 0 Å². The molecule has 0 fully saturated rings. The zero-order valence-corrected chi connectivity index (χ0v) is 9.84. The molecule has 0 bridgehead atoms. The first-order valence-electron chi connectivity index (χ1n) is 5.10. The molecule has 0 aliphatic heterocycles. The van der Waals surface area contributed by atoms with Gasteiger partial charge in [-0.25, -0.2) is 4.79 Å². The SMILES string of the molecule is C[C@H](Oc1cc(C(F)(F)F)cc(C(F)(F)F)c1)C(=O)O. The van der Waals surface area contributed by atoms with Crippen LogP contribution >= 0.6 is 0 Å². The van der Waals surface area contributed by atoms with Gasteiger partial charge in [-0.1, -0.05) is 0 Å². The summed E-state index contributed by atoms with van der Waals surface area (Å²) in [6.07, 6.45) is -11.6. The normalized spacial score (nSPS) is 13.9. The van der Waals surface area contributed by atoms with Gasteiger partial charge in [0, 0.05) is 0 Å². The van der Waals surface area contributed by atoms with Gasteiger partial charge in [0.25, 0.3) is 0 Å². The molecule has 0 amide bonds. The number of rotatable bonds is 3. The number of hydrogen-bond donors (Lipinski definition) is 1. The Morgan fingerprint density at radius 3 is 1.75 bits per heavy atom. The third kappa shape index (κ3) is 4.04. The molecule has 0 radical (unpaired) electrons. The van der Waals surface area contributed by atoms with Crippen LogP contribution in [0.15, 0.2) is 18.2 Å². The fourth-order valence-corrected chi connectivity index (χ4v) is 1.25. The van der Waals surface area contributed by atoms with E-state index >= 15 is 0 Å². The van der Waals surface area contributed by atoms with E-state index in [-0.39, 0.29) is 6.07 Å². The molecule has 20 heavy (non-hydrogen) atoms. The summed E-state index contributed by atoms with van der Waals surface area (Å²) in [5.74, 6) is -2.34. The van der Waals surface area contributed by atoms with Crippen LogP contribution in [0.3, 0.4) is 0 Å². The molecule has 1 atom stereocenters. The molecule has 0 saturated carbocycles. The second-order valence-corrected chi connectivity index (χ2v) is 3.84. The number of hydrogen-bond acceptors (Lipinski definition) is 2. The summed E-state index contributed by atoms with van der Waals surface area (Å²) in [6.45, 7) is 0.982. The van der Waals surface area contributed by atoms with E-state index in [4.69, 9.17) is 5.11 Å². The monoisotopic (exact) mass is 302 g/mol. The van der Waals surface area contributed by atoms with Crippen LogP contribution < -0.4 is 4.74 Å². The molecule has 1 N–H and O–H groups in total. The minimum Gasteiger partial charge on any atom is -0.479 e. The van der Waals surface area contributed by atoms with Gasteiger partial charge in [-0.3, -0.25) is 0 Å². The van der Waals surface area contributed by atoms with Gasteiger partial charge < -0.3 is 9.84 Å². The topological polar surface area (TPSA) is 46.5 Å². The number of carbonyl (C=O) groups is 1. The first-order chi connectivity index (χ1) is 8.91. The Balaban J connectivity index is 3.28. The van der Waals surface area contributed by atoms with E-state index in [0.29, 0.717) is 12.1 Å². The third-order valence-corrected chi connectivity index (χ3v) is 2.22. The molecule has 0 aromatic heterocycles. The summed E-state index contributed by atoms with van der Waals surface area (Å²) in [4.78, 5) is 10.5. The van der Waals surface area contributed by atoms with Crippen molar-refractivity contribution in [3.05, 3.63) is 29.3 Å². The standard InChI is InChI=1S/C11H8F6O3/c1-5(9(18)19)20-8-3-6(10(12,13)14)2-7(4-8)11(15,16)17/h2-5H,1H3,(H,18,19)/t5-/m0/s1. The van der Waals surface area contributed by atoms with E-state index in [1.807, 2.05) is 0 Å². The highest BCUT2D eigenvalue weighted by Gasteiger charge is 2.37. The summed E-state index contributed by atoms with van der Waals surface area (Å²) in [7, 11) is 0. The Bertz CT molecular complexity index is 474. The Morgan fingerprint density at radius 1 is 1.05 bits per heavy atom. The van der Waals surface area contributed by atoms with Gasteiger partial charge in [-0.05, 0) is 25.1 Å². The molecule has 0 saturated heterocycles. The lowest BCUT2D eigenvalue weighted by molar-refractivity contribution is -0.144. The smallest absolute Gasteiger partial charge is 0.416 e. The quantitative estimate of drug-likeness (QED) is 0.868. The highest BCUT2D eigenvalue weighted by Crippen LogP contribution is 2.38. The van der Waals surface area contributed by atoms with E-state index in [2.05, 4.69) is 4.74 Å². The fraction of sp³-hybridized carbons (Fsp3) is 0.364. The van der Waals surface area contributed by atoms with Gasteiger partial charge >= 0.3 is 18.3 Å². The van der Waals surface area contributed by atoms with Crippen molar-refractivity contribution in [2.45, 2.75) is 25.4 Å². The molecular formula is C11H8F6O3. The van der Waals surface area contributed by atoms with Crippen LogP contribution in [0.1, 0.15) is 18.1 Å². The molecule has 0 aliphatic carbocycles. The van der Waals surface area contributed by atoms with Crippen LogP contribution in [0.5, 0.6) is 5.75 Å². The number of ether oxygens (including phenoxy) is 1. The molecule has 0 spiro atoms. The van der Waals surface area contributed by atoms with Crippen molar-refractivity contribution in [1.29, 1.82) is 0 Å². The van der Waals surface area contributed by atoms with Crippen molar-refractivity contribution in [2.24, 2.45) is 0 Å². The predicted octanol–water partition coefficient (Wildman–Crippen LogP) is 3.58. The van der Waals surface area contributed by atoms with Gasteiger partial charge in [0.1, 0.15) is 5.75 Å². The summed E-state index contributed by atoms with van der Waals surface area (Å²) < 4.78 is 79.5. The zero-order valence-electron chi connectivity index (χ0n) is 9.84. The van der Waals surface area contributed by atoms with Gasteiger partial charge in [0.05, 0.1) is 11.1 Å². The zero-order chi connectivity index (χ0) is 15.7. The highest BCUT2D eigenvalue weighted by atomic mass is 19.4. The lowest BCUT2D eigenvalue weighted by atomic mass is 10.1. The molecule has 1 aromatic rings.